The maximum atomic E-state index is 12.9. The zero-order valence-corrected chi connectivity index (χ0v) is 16.9. The van der Waals surface area contributed by atoms with Crippen molar-refractivity contribution >= 4 is 16.8 Å². The quantitative estimate of drug-likeness (QED) is 0.366. The minimum atomic E-state index is -0.800. The van der Waals surface area contributed by atoms with Gasteiger partial charge in [0.05, 0.1) is 7.11 Å². The van der Waals surface area contributed by atoms with E-state index in [0.29, 0.717) is 34.5 Å². The molecule has 0 saturated heterocycles. The molecular formula is C23H22N4O4. The third-order valence-electron chi connectivity index (χ3n) is 5.33. The first-order valence-corrected chi connectivity index (χ1v) is 9.79. The second-order valence-corrected chi connectivity index (χ2v) is 7.36. The van der Waals surface area contributed by atoms with Crippen LogP contribution >= 0.6 is 0 Å². The summed E-state index contributed by atoms with van der Waals surface area (Å²) in [6.45, 7) is 0. The molecule has 0 saturated carbocycles. The molecule has 31 heavy (non-hydrogen) atoms. The fraction of sp³-hybridized carbons (Fsp3) is 0.174. The Morgan fingerprint density at radius 1 is 1.03 bits per heavy atom. The molecule has 0 spiro atoms. The van der Waals surface area contributed by atoms with Crippen molar-refractivity contribution in [2.24, 2.45) is 5.73 Å². The summed E-state index contributed by atoms with van der Waals surface area (Å²) in [6, 6.07) is 16.5. The number of aromatic amines is 3. The van der Waals surface area contributed by atoms with E-state index in [1.807, 2.05) is 30.3 Å². The van der Waals surface area contributed by atoms with E-state index in [1.54, 1.807) is 31.4 Å². The predicted octanol–water partition coefficient (Wildman–Crippen LogP) is 2.15. The molecule has 158 valence electrons. The Hall–Kier alpha value is -4.07. The summed E-state index contributed by atoms with van der Waals surface area (Å²) in [5.74, 6) is -0.784. The van der Waals surface area contributed by atoms with Gasteiger partial charge < -0.3 is 20.6 Å². The van der Waals surface area contributed by atoms with E-state index in [0.717, 1.165) is 10.9 Å². The van der Waals surface area contributed by atoms with Gasteiger partial charge in [0.1, 0.15) is 5.75 Å². The van der Waals surface area contributed by atoms with Crippen LogP contribution < -0.4 is 21.6 Å². The van der Waals surface area contributed by atoms with E-state index in [1.165, 1.54) is 0 Å². The van der Waals surface area contributed by atoms with Gasteiger partial charge in [-0.3, -0.25) is 19.5 Å². The van der Waals surface area contributed by atoms with Gasteiger partial charge >= 0.3 is 0 Å². The van der Waals surface area contributed by atoms with Crippen LogP contribution in [0.3, 0.4) is 0 Å². The lowest BCUT2D eigenvalue weighted by atomic mass is 9.87. The second kappa shape index (κ2) is 8.35. The van der Waals surface area contributed by atoms with Crippen LogP contribution in [0.2, 0.25) is 0 Å². The van der Waals surface area contributed by atoms with E-state index in [4.69, 9.17) is 10.5 Å². The molecule has 8 nitrogen and oxygen atoms in total. The van der Waals surface area contributed by atoms with Gasteiger partial charge in [-0.2, -0.15) is 0 Å². The lowest BCUT2D eigenvalue weighted by Crippen LogP contribution is -2.26. The van der Waals surface area contributed by atoms with Crippen LogP contribution in [0.25, 0.3) is 10.9 Å². The fourth-order valence-electron chi connectivity index (χ4n) is 3.87. The second-order valence-electron chi connectivity index (χ2n) is 7.36. The van der Waals surface area contributed by atoms with Crippen molar-refractivity contribution in [1.29, 1.82) is 0 Å². The third-order valence-corrected chi connectivity index (χ3v) is 5.33. The molecule has 1 atom stereocenters. The van der Waals surface area contributed by atoms with Crippen LogP contribution in [-0.2, 0) is 11.2 Å². The van der Waals surface area contributed by atoms with E-state index < -0.39 is 11.8 Å². The van der Waals surface area contributed by atoms with Gasteiger partial charge in [0.15, 0.2) is 0 Å². The fourth-order valence-corrected chi connectivity index (χ4v) is 3.87. The molecule has 8 heteroatoms. The highest BCUT2D eigenvalue weighted by Gasteiger charge is 2.27. The molecule has 1 unspecified atom stereocenters. The molecule has 0 bridgehead atoms. The molecule has 2 aromatic carbocycles. The molecule has 2 heterocycles. The number of pyridine rings is 1. The van der Waals surface area contributed by atoms with Crippen molar-refractivity contribution in [2.75, 3.05) is 7.11 Å². The highest BCUT2D eigenvalue weighted by atomic mass is 16.5. The Balaban J connectivity index is 1.87. The van der Waals surface area contributed by atoms with Gasteiger partial charge in [-0.25, -0.2) is 0 Å². The van der Waals surface area contributed by atoms with Gasteiger partial charge in [-0.05, 0) is 29.8 Å². The summed E-state index contributed by atoms with van der Waals surface area (Å²) >= 11 is 0. The van der Waals surface area contributed by atoms with Crippen LogP contribution in [0.4, 0.5) is 0 Å². The zero-order chi connectivity index (χ0) is 22.0. The SMILES string of the molecule is COc1ccc2[nH]c(=O)c(C(CC(N)=O)c3c(Cc4ccccc4)[nH][nH]c3=O)cc2c1. The Bertz CT molecular complexity index is 1350. The summed E-state index contributed by atoms with van der Waals surface area (Å²) in [5, 5.41) is 6.21. The zero-order valence-electron chi connectivity index (χ0n) is 16.9. The number of amides is 1. The van der Waals surface area contributed by atoms with Gasteiger partial charge in [0.25, 0.3) is 11.1 Å². The molecule has 4 rings (SSSR count). The molecule has 0 aliphatic heterocycles. The van der Waals surface area contributed by atoms with Crippen molar-refractivity contribution in [3.05, 3.63) is 97.7 Å². The first-order valence-electron chi connectivity index (χ1n) is 9.79. The summed E-state index contributed by atoms with van der Waals surface area (Å²) in [5.41, 5.74) is 7.57. The first kappa shape index (κ1) is 20.2. The van der Waals surface area contributed by atoms with Crippen LogP contribution in [0.15, 0.2) is 64.2 Å². The highest BCUT2D eigenvalue weighted by molar-refractivity contribution is 5.81. The molecule has 5 N–H and O–H groups in total. The Morgan fingerprint density at radius 2 is 1.81 bits per heavy atom. The van der Waals surface area contributed by atoms with Crippen molar-refractivity contribution in [3.8, 4) is 5.75 Å². The number of fused-ring (bicyclic) bond motifs is 1. The molecular weight excluding hydrogens is 396 g/mol. The first-order chi connectivity index (χ1) is 15.0. The maximum absolute atomic E-state index is 12.9. The Labute approximate surface area is 177 Å². The van der Waals surface area contributed by atoms with Crippen molar-refractivity contribution in [2.45, 2.75) is 18.8 Å². The minimum Gasteiger partial charge on any atom is -0.497 e. The number of ether oxygens (including phenoxy) is 1. The number of nitrogens with one attached hydrogen (secondary N) is 3. The normalized spacial score (nSPS) is 12.0. The van der Waals surface area contributed by atoms with E-state index in [2.05, 4.69) is 15.2 Å². The molecule has 0 fully saturated rings. The molecule has 4 aromatic rings. The number of nitrogens with two attached hydrogens (primary N) is 1. The van der Waals surface area contributed by atoms with Gasteiger partial charge in [-0.1, -0.05) is 30.3 Å². The van der Waals surface area contributed by atoms with Gasteiger partial charge in [0, 0.05) is 46.5 Å². The summed E-state index contributed by atoms with van der Waals surface area (Å²) < 4.78 is 5.27. The Kier molecular flexibility index (Phi) is 5.44. The molecule has 2 aromatic heterocycles. The van der Waals surface area contributed by atoms with E-state index in [-0.39, 0.29) is 17.5 Å². The third kappa shape index (κ3) is 4.13. The van der Waals surface area contributed by atoms with Gasteiger partial charge in [0.2, 0.25) is 5.91 Å². The summed E-state index contributed by atoms with van der Waals surface area (Å²) in [7, 11) is 1.55. The number of aromatic nitrogens is 3. The van der Waals surface area contributed by atoms with Crippen molar-refractivity contribution in [3.63, 3.8) is 0 Å². The minimum absolute atomic E-state index is 0.179. The number of benzene rings is 2. The number of hydrogen-bond donors (Lipinski definition) is 4. The van der Waals surface area contributed by atoms with Crippen LogP contribution in [0.1, 0.15) is 34.7 Å². The van der Waals surface area contributed by atoms with Gasteiger partial charge in [-0.15, -0.1) is 0 Å². The van der Waals surface area contributed by atoms with Crippen LogP contribution in [0, 0.1) is 0 Å². The number of carbonyl (C=O) groups is 1. The standard InChI is InChI=1S/C23H22N4O4/c1-31-15-7-8-18-14(10-15)11-17(22(29)25-18)16(12-20(24)28)21-19(26-27-23(21)30)9-13-5-3-2-4-6-13/h2-8,10-11,16H,9,12H2,1H3,(H2,24,28)(H,25,29)(H2,26,27,30). The lowest BCUT2D eigenvalue weighted by molar-refractivity contribution is -0.118. The topological polar surface area (TPSA) is 134 Å². The lowest BCUT2D eigenvalue weighted by Gasteiger charge is -2.16. The molecule has 1 amide bonds. The Morgan fingerprint density at radius 3 is 2.52 bits per heavy atom. The van der Waals surface area contributed by atoms with Crippen molar-refractivity contribution in [1.82, 2.24) is 15.2 Å². The number of primary amides is 1. The van der Waals surface area contributed by atoms with E-state index >= 15 is 0 Å². The monoisotopic (exact) mass is 418 g/mol. The largest absolute Gasteiger partial charge is 0.497 e. The smallest absolute Gasteiger partial charge is 0.267 e. The summed E-state index contributed by atoms with van der Waals surface area (Å²) in [4.78, 5) is 40.4. The number of H-pyrrole nitrogens is 3. The number of hydrogen-bond acceptors (Lipinski definition) is 4. The van der Waals surface area contributed by atoms with Crippen LogP contribution in [-0.4, -0.2) is 28.2 Å². The number of carbonyl (C=O) groups excluding carboxylic acids is 1. The average Bonchev–Trinajstić information content (AvgIpc) is 3.11. The van der Waals surface area contributed by atoms with Crippen molar-refractivity contribution < 1.29 is 9.53 Å². The maximum Gasteiger partial charge on any atom is 0.267 e. The highest BCUT2D eigenvalue weighted by Crippen LogP contribution is 2.29. The predicted molar refractivity (Wildman–Crippen MR) is 117 cm³/mol. The number of rotatable bonds is 7. The van der Waals surface area contributed by atoms with E-state index in [9.17, 15) is 14.4 Å². The summed E-state index contributed by atoms with van der Waals surface area (Å²) in [6.07, 6.45) is 0.255. The van der Waals surface area contributed by atoms with Crippen LogP contribution in [0.5, 0.6) is 5.75 Å². The average molecular weight is 418 g/mol. The molecule has 0 aliphatic rings. The number of methoxy groups -OCH3 is 1. The molecule has 0 radical (unpaired) electrons. The molecule has 0 aliphatic carbocycles.